The number of hydrogen-bond acceptors (Lipinski definition) is 7. The summed E-state index contributed by atoms with van der Waals surface area (Å²) in [6, 6.07) is 15.2. The lowest BCUT2D eigenvalue weighted by molar-refractivity contribution is -0.113. The number of nitrogens with zero attached hydrogens (tertiary/aromatic N) is 5. The lowest BCUT2D eigenvalue weighted by atomic mass is 10.1. The number of anilines is 1. The number of aromatic nitrogens is 5. The van der Waals surface area contributed by atoms with Gasteiger partial charge in [0.05, 0.1) is 25.5 Å². The fourth-order valence-electron chi connectivity index (χ4n) is 3.55. The van der Waals surface area contributed by atoms with Gasteiger partial charge >= 0.3 is 0 Å². The number of aryl methyl sites for hydroxylation is 1. The first kappa shape index (κ1) is 23.4. The van der Waals surface area contributed by atoms with Gasteiger partial charge in [0.15, 0.2) is 11.0 Å². The molecule has 0 bridgehead atoms. The predicted octanol–water partition coefficient (Wildman–Crippen LogP) is 4.11. The smallest absolute Gasteiger partial charge is 0.234 e. The van der Waals surface area contributed by atoms with Crippen molar-refractivity contribution >= 4 is 23.4 Å². The summed E-state index contributed by atoms with van der Waals surface area (Å²) in [6.45, 7) is 2.68. The van der Waals surface area contributed by atoms with Crippen LogP contribution in [0.25, 0.3) is 22.6 Å². The second-order valence-corrected chi connectivity index (χ2v) is 8.36. The average molecular weight is 479 g/mol. The Hall–Kier alpha value is -3.79. The molecule has 0 aliphatic rings. The zero-order chi connectivity index (χ0) is 24.1. The topological polar surface area (TPSA) is 96.1 Å². The molecule has 0 radical (unpaired) electrons. The van der Waals surface area contributed by atoms with Gasteiger partial charge in [0.2, 0.25) is 5.91 Å². The molecule has 34 heavy (non-hydrogen) atoms. The summed E-state index contributed by atoms with van der Waals surface area (Å²) < 4.78 is 14.3. The van der Waals surface area contributed by atoms with E-state index in [9.17, 15) is 4.79 Å². The number of thioether (sulfide) groups is 1. The van der Waals surface area contributed by atoms with Gasteiger partial charge in [-0.1, -0.05) is 42.1 Å². The fraction of sp³-hybridized carbons (Fsp3) is 0.250. The summed E-state index contributed by atoms with van der Waals surface area (Å²) in [5.74, 6) is 1.93. The van der Waals surface area contributed by atoms with Crippen LogP contribution >= 0.6 is 11.8 Å². The van der Waals surface area contributed by atoms with E-state index in [4.69, 9.17) is 9.47 Å². The fourth-order valence-corrected chi connectivity index (χ4v) is 4.35. The number of nitrogens with one attached hydrogen (secondary N) is 1. The Balaban J connectivity index is 1.52. The Morgan fingerprint density at radius 1 is 1.06 bits per heavy atom. The number of carbonyl (C=O) groups excluding carboxylic acids is 1. The van der Waals surface area contributed by atoms with Crippen LogP contribution in [0.2, 0.25) is 0 Å². The van der Waals surface area contributed by atoms with Crippen molar-refractivity contribution in [2.75, 3.05) is 25.3 Å². The highest BCUT2D eigenvalue weighted by molar-refractivity contribution is 7.99. The first-order valence-electron chi connectivity index (χ1n) is 10.7. The second kappa shape index (κ2) is 10.4. The Kier molecular flexibility index (Phi) is 7.17. The number of hydrogen-bond donors (Lipinski definition) is 1. The SMILES string of the molecule is CCn1c(SCC(=O)Nc2cc(OC)cc(OC)c2)nnc1-c1cn(C)nc1-c1ccccc1. The van der Waals surface area contributed by atoms with E-state index in [0.29, 0.717) is 28.9 Å². The van der Waals surface area contributed by atoms with Crippen molar-refractivity contribution in [1.82, 2.24) is 24.5 Å². The van der Waals surface area contributed by atoms with Crippen molar-refractivity contribution < 1.29 is 14.3 Å². The Morgan fingerprint density at radius 3 is 2.41 bits per heavy atom. The van der Waals surface area contributed by atoms with Crippen molar-refractivity contribution in [3.05, 3.63) is 54.7 Å². The van der Waals surface area contributed by atoms with Crippen LogP contribution in [0, 0.1) is 0 Å². The third-order valence-electron chi connectivity index (χ3n) is 5.12. The molecule has 2 aromatic carbocycles. The molecular weight excluding hydrogens is 452 g/mol. The molecule has 4 aromatic rings. The first-order valence-corrected chi connectivity index (χ1v) is 11.7. The van der Waals surface area contributed by atoms with Gasteiger partial charge in [-0.05, 0) is 6.92 Å². The highest BCUT2D eigenvalue weighted by Crippen LogP contribution is 2.32. The summed E-state index contributed by atoms with van der Waals surface area (Å²) in [4.78, 5) is 12.6. The number of amides is 1. The zero-order valence-corrected chi connectivity index (χ0v) is 20.3. The van der Waals surface area contributed by atoms with Crippen LogP contribution in [0.1, 0.15) is 6.92 Å². The van der Waals surface area contributed by atoms with E-state index in [1.807, 2.05) is 55.1 Å². The molecule has 0 aliphatic heterocycles. The molecule has 0 saturated heterocycles. The molecule has 4 rings (SSSR count). The van der Waals surface area contributed by atoms with E-state index < -0.39 is 0 Å². The van der Waals surface area contributed by atoms with E-state index in [-0.39, 0.29) is 11.7 Å². The van der Waals surface area contributed by atoms with Gasteiger partial charge in [-0.2, -0.15) is 5.10 Å². The van der Waals surface area contributed by atoms with Crippen molar-refractivity contribution in [1.29, 1.82) is 0 Å². The highest BCUT2D eigenvalue weighted by Gasteiger charge is 2.20. The summed E-state index contributed by atoms with van der Waals surface area (Å²) in [6.07, 6.45) is 1.94. The predicted molar refractivity (Wildman–Crippen MR) is 132 cm³/mol. The molecule has 1 N–H and O–H groups in total. The van der Waals surface area contributed by atoms with Gasteiger partial charge in [-0.15, -0.1) is 10.2 Å². The summed E-state index contributed by atoms with van der Waals surface area (Å²) >= 11 is 1.33. The van der Waals surface area contributed by atoms with E-state index in [1.165, 1.54) is 11.8 Å². The summed E-state index contributed by atoms with van der Waals surface area (Å²) in [5.41, 5.74) is 3.34. The van der Waals surface area contributed by atoms with Crippen molar-refractivity contribution in [3.63, 3.8) is 0 Å². The van der Waals surface area contributed by atoms with Crippen molar-refractivity contribution in [2.45, 2.75) is 18.6 Å². The number of rotatable bonds is 9. The van der Waals surface area contributed by atoms with Gasteiger partial charge in [-0.25, -0.2) is 0 Å². The van der Waals surface area contributed by atoms with Crippen LogP contribution in [0.3, 0.4) is 0 Å². The highest BCUT2D eigenvalue weighted by atomic mass is 32.2. The maximum absolute atomic E-state index is 12.6. The Morgan fingerprint density at radius 2 is 1.76 bits per heavy atom. The molecule has 10 heteroatoms. The largest absolute Gasteiger partial charge is 0.497 e. The zero-order valence-electron chi connectivity index (χ0n) is 19.5. The van der Waals surface area contributed by atoms with E-state index in [1.54, 1.807) is 37.1 Å². The molecule has 0 atom stereocenters. The standard InChI is InChI=1S/C24H26N6O3S/c1-5-30-23(20-14-29(2)28-22(20)16-9-7-6-8-10-16)26-27-24(30)34-15-21(31)25-17-11-18(32-3)13-19(12-17)33-4/h6-14H,5,15H2,1-4H3,(H,25,31). The van der Waals surface area contributed by atoms with Crippen LogP contribution < -0.4 is 14.8 Å². The van der Waals surface area contributed by atoms with Crippen LogP contribution in [-0.2, 0) is 18.4 Å². The van der Waals surface area contributed by atoms with Crippen LogP contribution in [0.4, 0.5) is 5.69 Å². The molecule has 1 amide bonds. The molecule has 0 saturated carbocycles. The Bertz CT molecular complexity index is 1260. The molecule has 0 aliphatic carbocycles. The van der Waals surface area contributed by atoms with Crippen LogP contribution in [0.5, 0.6) is 11.5 Å². The number of benzene rings is 2. The Labute approximate surface area is 202 Å². The van der Waals surface area contributed by atoms with E-state index >= 15 is 0 Å². The first-order chi connectivity index (χ1) is 16.5. The molecule has 0 unspecified atom stereocenters. The van der Waals surface area contributed by atoms with Crippen LogP contribution in [-0.4, -0.2) is 50.4 Å². The molecule has 0 fully saturated rings. The molecule has 2 aromatic heterocycles. The van der Waals surface area contributed by atoms with Gasteiger partial charge in [0.25, 0.3) is 0 Å². The average Bonchev–Trinajstić information content (AvgIpc) is 3.45. The van der Waals surface area contributed by atoms with E-state index in [2.05, 4.69) is 20.6 Å². The van der Waals surface area contributed by atoms with Crippen LogP contribution in [0.15, 0.2) is 59.9 Å². The van der Waals surface area contributed by atoms with E-state index in [0.717, 1.165) is 22.6 Å². The van der Waals surface area contributed by atoms with Gasteiger partial charge < -0.3 is 19.4 Å². The minimum absolute atomic E-state index is 0.168. The molecular formula is C24H26N6O3S. The van der Waals surface area contributed by atoms with Gasteiger partial charge in [0.1, 0.15) is 17.2 Å². The summed E-state index contributed by atoms with van der Waals surface area (Å²) in [5, 5.41) is 17.0. The van der Waals surface area contributed by atoms with Crippen molar-refractivity contribution in [3.8, 4) is 34.1 Å². The monoisotopic (exact) mass is 478 g/mol. The minimum Gasteiger partial charge on any atom is -0.497 e. The lowest BCUT2D eigenvalue weighted by Gasteiger charge is -2.10. The molecule has 9 nitrogen and oxygen atoms in total. The maximum atomic E-state index is 12.6. The second-order valence-electron chi connectivity index (χ2n) is 7.42. The maximum Gasteiger partial charge on any atom is 0.234 e. The van der Waals surface area contributed by atoms with Gasteiger partial charge in [0, 0.05) is 49.2 Å². The quantitative estimate of drug-likeness (QED) is 0.362. The molecule has 2 heterocycles. The third kappa shape index (κ3) is 5.07. The van der Waals surface area contributed by atoms with Gasteiger partial charge in [-0.3, -0.25) is 9.48 Å². The molecule has 176 valence electrons. The molecule has 0 spiro atoms. The minimum atomic E-state index is -0.168. The number of ether oxygens (including phenoxy) is 2. The summed E-state index contributed by atoms with van der Waals surface area (Å²) in [7, 11) is 5.02. The number of carbonyl (C=O) groups is 1. The normalized spacial score (nSPS) is 10.8. The van der Waals surface area contributed by atoms with Crippen molar-refractivity contribution in [2.24, 2.45) is 7.05 Å². The lowest BCUT2D eigenvalue weighted by Crippen LogP contribution is -2.14. The third-order valence-corrected chi connectivity index (χ3v) is 6.08. The number of methoxy groups -OCH3 is 2.